The molecule has 24 heavy (non-hydrogen) atoms. The number of aromatic nitrogens is 2. The highest BCUT2D eigenvalue weighted by atomic mass is 32.1. The Bertz CT molecular complexity index is 1060. The van der Waals surface area contributed by atoms with Gasteiger partial charge in [0, 0.05) is 10.9 Å². The van der Waals surface area contributed by atoms with Crippen molar-refractivity contribution in [1.82, 2.24) is 9.97 Å². The second-order valence-electron chi connectivity index (χ2n) is 5.09. The third-order valence-corrected chi connectivity index (χ3v) is 4.33. The molecule has 4 aromatic rings. The number of hydrogen-bond acceptors (Lipinski definition) is 6. The highest BCUT2D eigenvalue weighted by molar-refractivity contribution is 7.14. The van der Waals surface area contributed by atoms with Gasteiger partial charge in [-0.25, -0.2) is 9.78 Å². The number of nitrogens with zero attached hydrogens (tertiary/aromatic N) is 1. The van der Waals surface area contributed by atoms with E-state index in [2.05, 4.69) is 15.3 Å². The van der Waals surface area contributed by atoms with Crippen LogP contribution in [0.2, 0.25) is 0 Å². The van der Waals surface area contributed by atoms with Crippen LogP contribution >= 0.6 is 11.3 Å². The number of thiazole rings is 1. The predicted octanol–water partition coefficient (Wildman–Crippen LogP) is 4.00. The van der Waals surface area contributed by atoms with Crippen molar-refractivity contribution < 1.29 is 9.15 Å². The minimum absolute atomic E-state index is 0.459. The van der Waals surface area contributed by atoms with E-state index in [-0.39, 0.29) is 0 Å². The summed E-state index contributed by atoms with van der Waals surface area (Å²) in [6, 6.07) is 13.2. The van der Waals surface area contributed by atoms with Crippen LogP contribution < -0.4 is 15.8 Å². The van der Waals surface area contributed by atoms with Crippen molar-refractivity contribution in [3.05, 3.63) is 58.4 Å². The number of methoxy groups -OCH3 is 1. The maximum Gasteiger partial charge on any atom is 0.417 e. The molecule has 0 amide bonds. The molecule has 0 bridgehead atoms. The summed E-state index contributed by atoms with van der Waals surface area (Å²) in [6.45, 7) is 0. The molecule has 0 spiro atoms. The molecule has 2 aromatic carbocycles. The van der Waals surface area contributed by atoms with Crippen LogP contribution in [0.1, 0.15) is 0 Å². The quantitative estimate of drug-likeness (QED) is 0.587. The molecule has 0 saturated carbocycles. The first-order chi connectivity index (χ1) is 11.7. The van der Waals surface area contributed by atoms with E-state index in [1.54, 1.807) is 13.2 Å². The zero-order valence-electron chi connectivity index (χ0n) is 12.7. The van der Waals surface area contributed by atoms with Crippen LogP contribution in [-0.4, -0.2) is 17.1 Å². The molecule has 2 N–H and O–H groups in total. The molecular weight excluding hydrogens is 326 g/mol. The summed E-state index contributed by atoms with van der Waals surface area (Å²) in [7, 11) is 1.63. The third kappa shape index (κ3) is 2.65. The Kier molecular flexibility index (Phi) is 3.55. The Morgan fingerprint density at radius 3 is 3.00 bits per heavy atom. The zero-order chi connectivity index (χ0) is 16.5. The number of H-pyrrole nitrogens is 1. The van der Waals surface area contributed by atoms with Gasteiger partial charge < -0.3 is 14.5 Å². The predicted molar refractivity (Wildman–Crippen MR) is 94.2 cm³/mol. The Morgan fingerprint density at radius 1 is 1.25 bits per heavy atom. The number of rotatable bonds is 4. The SMILES string of the molecule is COc1ccccc1Nc1nc(-c2ccc3[nH]c(=O)oc3c2)cs1. The summed E-state index contributed by atoms with van der Waals surface area (Å²) in [6.07, 6.45) is 0. The minimum Gasteiger partial charge on any atom is -0.495 e. The van der Waals surface area contributed by atoms with Crippen molar-refractivity contribution in [3.8, 4) is 17.0 Å². The van der Waals surface area contributed by atoms with Crippen molar-refractivity contribution in [2.75, 3.05) is 12.4 Å². The van der Waals surface area contributed by atoms with Gasteiger partial charge in [-0.3, -0.25) is 4.98 Å². The van der Waals surface area contributed by atoms with E-state index in [1.165, 1.54) is 11.3 Å². The summed E-state index contributed by atoms with van der Waals surface area (Å²) < 4.78 is 10.4. The van der Waals surface area contributed by atoms with Gasteiger partial charge in [0.05, 0.1) is 24.0 Å². The number of nitrogens with one attached hydrogen (secondary N) is 2. The molecule has 0 aliphatic carbocycles. The van der Waals surface area contributed by atoms with Gasteiger partial charge in [0.15, 0.2) is 10.7 Å². The Morgan fingerprint density at radius 2 is 2.12 bits per heavy atom. The first-order valence-corrected chi connectivity index (χ1v) is 8.10. The number of aromatic amines is 1. The molecule has 0 atom stereocenters. The number of anilines is 2. The highest BCUT2D eigenvalue weighted by Crippen LogP contribution is 2.31. The lowest BCUT2D eigenvalue weighted by atomic mass is 10.1. The summed E-state index contributed by atoms with van der Waals surface area (Å²) in [4.78, 5) is 18.5. The van der Waals surface area contributed by atoms with E-state index in [4.69, 9.17) is 9.15 Å². The molecule has 0 unspecified atom stereocenters. The topological polar surface area (TPSA) is 80.1 Å². The number of benzene rings is 2. The molecule has 120 valence electrons. The number of ether oxygens (including phenoxy) is 1. The van der Waals surface area contributed by atoms with Crippen molar-refractivity contribution in [2.24, 2.45) is 0 Å². The molecular formula is C17H13N3O3S. The molecule has 0 aliphatic heterocycles. The fourth-order valence-electron chi connectivity index (χ4n) is 2.43. The maximum atomic E-state index is 11.2. The largest absolute Gasteiger partial charge is 0.495 e. The van der Waals surface area contributed by atoms with Crippen LogP contribution in [0.15, 0.2) is 57.1 Å². The first-order valence-electron chi connectivity index (χ1n) is 7.22. The molecule has 6 nitrogen and oxygen atoms in total. The summed E-state index contributed by atoms with van der Waals surface area (Å²) in [5, 5.41) is 5.96. The second-order valence-corrected chi connectivity index (χ2v) is 5.95. The van der Waals surface area contributed by atoms with Gasteiger partial charge in [-0.15, -0.1) is 11.3 Å². The number of fused-ring (bicyclic) bond motifs is 1. The number of para-hydroxylation sites is 2. The second kappa shape index (κ2) is 5.86. The molecule has 2 heterocycles. The van der Waals surface area contributed by atoms with Gasteiger partial charge in [-0.05, 0) is 24.3 Å². The van der Waals surface area contributed by atoms with E-state index in [1.807, 2.05) is 41.8 Å². The molecule has 0 saturated heterocycles. The van der Waals surface area contributed by atoms with Crippen molar-refractivity contribution in [3.63, 3.8) is 0 Å². The van der Waals surface area contributed by atoms with Gasteiger partial charge in [0.1, 0.15) is 5.75 Å². The van der Waals surface area contributed by atoms with E-state index in [0.29, 0.717) is 11.1 Å². The normalized spacial score (nSPS) is 10.9. The van der Waals surface area contributed by atoms with E-state index < -0.39 is 5.76 Å². The monoisotopic (exact) mass is 339 g/mol. The van der Waals surface area contributed by atoms with Crippen molar-refractivity contribution in [1.29, 1.82) is 0 Å². The Balaban J connectivity index is 1.64. The average Bonchev–Trinajstić information content (AvgIpc) is 3.20. The molecule has 4 rings (SSSR count). The lowest BCUT2D eigenvalue weighted by Gasteiger charge is -2.08. The summed E-state index contributed by atoms with van der Waals surface area (Å²) in [5.74, 6) is 0.295. The first kappa shape index (κ1) is 14.5. The Labute approximate surface area is 140 Å². The van der Waals surface area contributed by atoms with Crippen LogP contribution in [0.4, 0.5) is 10.8 Å². The van der Waals surface area contributed by atoms with Crippen LogP contribution in [0.3, 0.4) is 0 Å². The van der Waals surface area contributed by atoms with Crippen molar-refractivity contribution >= 4 is 33.3 Å². The van der Waals surface area contributed by atoms with Gasteiger partial charge in [0.2, 0.25) is 0 Å². The van der Waals surface area contributed by atoms with Crippen LogP contribution in [-0.2, 0) is 0 Å². The third-order valence-electron chi connectivity index (χ3n) is 3.57. The molecule has 0 radical (unpaired) electrons. The number of hydrogen-bond donors (Lipinski definition) is 2. The van der Waals surface area contributed by atoms with Gasteiger partial charge >= 0.3 is 5.76 Å². The molecule has 2 aromatic heterocycles. The highest BCUT2D eigenvalue weighted by Gasteiger charge is 2.09. The molecule has 0 aliphatic rings. The van der Waals surface area contributed by atoms with Crippen molar-refractivity contribution in [2.45, 2.75) is 0 Å². The van der Waals surface area contributed by atoms with Crippen LogP contribution in [0.25, 0.3) is 22.4 Å². The summed E-state index contributed by atoms with van der Waals surface area (Å²) >= 11 is 1.49. The fourth-order valence-corrected chi connectivity index (χ4v) is 3.16. The zero-order valence-corrected chi connectivity index (χ0v) is 13.5. The molecule has 0 fully saturated rings. The van der Waals surface area contributed by atoms with Gasteiger partial charge in [-0.2, -0.15) is 0 Å². The maximum absolute atomic E-state index is 11.2. The fraction of sp³-hybridized carbons (Fsp3) is 0.0588. The lowest BCUT2D eigenvalue weighted by molar-refractivity contribution is 0.417. The standard InChI is InChI=1S/C17H13N3O3S/c1-22-14-5-3-2-4-11(14)18-16-19-13(9-24-16)10-6-7-12-15(8-10)23-17(21)20-12/h2-9H,1H3,(H,18,19)(H,20,21). The van der Waals surface area contributed by atoms with Gasteiger partial charge in [-0.1, -0.05) is 18.2 Å². The molecule has 7 heteroatoms. The summed E-state index contributed by atoms with van der Waals surface area (Å²) in [5.41, 5.74) is 3.74. The van der Waals surface area contributed by atoms with Crippen LogP contribution in [0.5, 0.6) is 5.75 Å². The smallest absolute Gasteiger partial charge is 0.417 e. The lowest BCUT2D eigenvalue weighted by Crippen LogP contribution is -1.93. The minimum atomic E-state index is -0.459. The van der Waals surface area contributed by atoms with Gasteiger partial charge in [0.25, 0.3) is 0 Å². The van der Waals surface area contributed by atoms with E-state index in [0.717, 1.165) is 27.8 Å². The Hall–Kier alpha value is -3.06. The van der Waals surface area contributed by atoms with E-state index >= 15 is 0 Å². The van der Waals surface area contributed by atoms with Crippen LogP contribution in [0, 0.1) is 0 Å². The van der Waals surface area contributed by atoms with E-state index in [9.17, 15) is 4.79 Å². The number of oxazole rings is 1. The average molecular weight is 339 g/mol.